The predicted octanol–water partition coefficient (Wildman–Crippen LogP) is 3.32. The molecule has 0 bridgehead atoms. The highest BCUT2D eigenvalue weighted by Gasteiger charge is 2.17. The van der Waals surface area contributed by atoms with Crippen LogP contribution in [0.1, 0.15) is 36.0 Å². The fourth-order valence-corrected chi connectivity index (χ4v) is 1.93. The zero-order chi connectivity index (χ0) is 11.4. The van der Waals surface area contributed by atoms with Gasteiger partial charge in [0.15, 0.2) is 0 Å². The SMILES string of the molecule is O=C(OCCC1CCC1)c1ccc(S)cc1. The number of rotatable bonds is 4. The van der Waals surface area contributed by atoms with E-state index in [0.717, 1.165) is 17.2 Å². The van der Waals surface area contributed by atoms with Crippen LogP contribution in [0.3, 0.4) is 0 Å². The second kappa shape index (κ2) is 5.39. The van der Waals surface area contributed by atoms with Gasteiger partial charge >= 0.3 is 5.97 Å². The molecule has 3 heteroatoms. The summed E-state index contributed by atoms with van der Waals surface area (Å²) < 4.78 is 5.21. The lowest BCUT2D eigenvalue weighted by Crippen LogP contribution is -2.15. The van der Waals surface area contributed by atoms with Crippen LogP contribution >= 0.6 is 12.6 Å². The van der Waals surface area contributed by atoms with Gasteiger partial charge in [0.2, 0.25) is 0 Å². The fourth-order valence-electron chi connectivity index (χ4n) is 1.78. The topological polar surface area (TPSA) is 26.3 Å². The quantitative estimate of drug-likeness (QED) is 0.641. The number of ether oxygens (including phenoxy) is 1. The molecule has 1 fully saturated rings. The molecule has 2 rings (SSSR count). The largest absolute Gasteiger partial charge is 0.462 e. The van der Waals surface area contributed by atoms with Gasteiger partial charge in [0, 0.05) is 4.90 Å². The Morgan fingerprint density at radius 1 is 1.31 bits per heavy atom. The summed E-state index contributed by atoms with van der Waals surface area (Å²) in [4.78, 5) is 12.4. The molecule has 1 saturated carbocycles. The van der Waals surface area contributed by atoms with Crippen molar-refractivity contribution < 1.29 is 9.53 Å². The molecular weight excluding hydrogens is 220 g/mol. The molecule has 0 amide bonds. The van der Waals surface area contributed by atoms with Gasteiger partial charge in [-0.15, -0.1) is 12.6 Å². The molecule has 1 aromatic carbocycles. The Morgan fingerprint density at radius 2 is 2.00 bits per heavy atom. The van der Waals surface area contributed by atoms with Crippen LogP contribution in [0.25, 0.3) is 0 Å². The molecule has 0 N–H and O–H groups in total. The van der Waals surface area contributed by atoms with Crippen molar-refractivity contribution in [2.75, 3.05) is 6.61 Å². The second-order valence-corrected chi connectivity index (χ2v) is 4.78. The van der Waals surface area contributed by atoms with E-state index < -0.39 is 0 Å². The Morgan fingerprint density at radius 3 is 2.56 bits per heavy atom. The van der Waals surface area contributed by atoms with E-state index in [4.69, 9.17) is 4.74 Å². The van der Waals surface area contributed by atoms with E-state index in [2.05, 4.69) is 12.6 Å². The Bertz CT molecular complexity index is 355. The van der Waals surface area contributed by atoms with Crippen molar-refractivity contribution in [1.29, 1.82) is 0 Å². The molecule has 0 aromatic heterocycles. The molecule has 0 heterocycles. The lowest BCUT2D eigenvalue weighted by atomic mass is 9.83. The van der Waals surface area contributed by atoms with E-state index in [1.807, 2.05) is 0 Å². The minimum absolute atomic E-state index is 0.229. The summed E-state index contributed by atoms with van der Waals surface area (Å²) in [6.07, 6.45) is 4.94. The predicted molar refractivity (Wildman–Crippen MR) is 65.9 cm³/mol. The van der Waals surface area contributed by atoms with E-state index in [0.29, 0.717) is 12.2 Å². The van der Waals surface area contributed by atoms with Crippen molar-refractivity contribution in [2.45, 2.75) is 30.6 Å². The number of hydrogen-bond donors (Lipinski definition) is 1. The standard InChI is InChI=1S/C13H16O2S/c14-13(11-4-6-12(16)7-5-11)15-9-8-10-2-1-3-10/h4-7,10,16H,1-3,8-9H2. The molecule has 0 spiro atoms. The van der Waals surface area contributed by atoms with E-state index in [9.17, 15) is 4.79 Å². The first-order chi connectivity index (χ1) is 7.75. The van der Waals surface area contributed by atoms with E-state index >= 15 is 0 Å². The molecule has 1 aromatic rings. The van der Waals surface area contributed by atoms with Crippen molar-refractivity contribution in [3.05, 3.63) is 29.8 Å². The Kier molecular flexibility index (Phi) is 3.88. The summed E-state index contributed by atoms with van der Waals surface area (Å²) in [5.74, 6) is 0.556. The van der Waals surface area contributed by atoms with E-state index in [1.165, 1.54) is 19.3 Å². The highest BCUT2D eigenvalue weighted by molar-refractivity contribution is 7.80. The summed E-state index contributed by atoms with van der Waals surface area (Å²) in [5.41, 5.74) is 0.603. The zero-order valence-electron chi connectivity index (χ0n) is 9.19. The average Bonchev–Trinajstić information content (AvgIpc) is 2.22. The lowest BCUT2D eigenvalue weighted by molar-refractivity contribution is 0.0464. The van der Waals surface area contributed by atoms with Gasteiger partial charge < -0.3 is 4.74 Å². The molecule has 86 valence electrons. The minimum Gasteiger partial charge on any atom is -0.462 e. The maximum Gasteiger partial charge on any atom is 0.338 e. The molecule has 0 aliphatic heterocycles. The van der Waals surface area contributed by atoms with Crippen LogP contribution in [0.5, 0.6) is 0 Å². The zero-order valence-corrected chi connectivity index (χ0v) is 10.1. The smallest absolute Gasteiger partial charge is 0.338 e. The summed E-state index contributed by atoms with van der Waals surface area (Å²) in [6, 6.07) is 7.08. The maximum absolute atomic E-state index is 11.6. The normalized spacial score (nSPS) is 15.6. The third-order valence-electron chi connectivity index (χ3n) is 3.09. The average molecular weight is 236 g/mol. The van der Waals surface area contributed by atoms with Crippen LogP contribution < -0.4 is 0 Å². The van der Waals surface area contributed by atoms with Crippen molar-refractivity contribution >= 4 is 18.6 Å². The fraction of sp³-hybridized carbons (Fsp3) is 0.462. The molecule has 0 radical (unpaired) electrons. The molecule has 16 heavy (non-hydrogen) atoms. The summed E-state index contributed by atoms with van der Waals surface area (Å²) in [5, 5.41) is 0. The molecular formula is C13H16O2S. The summed E-state index contributed by atoms with van der Waals surface area (Å²) in [6.45, 7) is 0.548. The van der Waals surface area contributed by atoms with Crippen molar-refractivity contribution in [3.63, 3.8) is 0 Å². The highest BCUT2D eigenvalue weighted by atomic mass is 32.1. The molecule has 0 unspecified atom stereocenters. The van der Waals surface area contributed by atoms with Gasteiger partial charge in [0.05, 0.1) is 12.2 Å². The Balaban J connectivity index is 1.76. The number of hydrogen-bond acceptors (Lipinski definition) is 3. The number of benzene rings is 1. The lowest BCUT2D eigenvalue weighted by Gasteiger charge is -2.24. The highest BCUT2D eigenvalue weighted by Crippen LogP contribution is 2.29. The Hall–Kier alpha value is -0.960. The second-order valence-electron chi connectivity index (χ2n) is 4.27. The number of carbonyl (C=O) groups excluding carboxylic acids is 1. The van der Waals surface area contributed by atoms with Crippen LogP contribution in [-0.2, 0) is 4.74 Å². The third-order valence-corrected chi connectivity index (χ3v) is 3.39. The first-order valence-corrected chi connectivity index (χ1v) is 6.16. The Labute approximate surface area is 101 Å². The molecule has 0 saturated heterocycles. The molecule has 0 atom stereocenters. The third kappa shape index (κ3) is 3.01. The van der Waals surface area contributed by atoms with Gasteiger partial charge in [-0.1, -0.05) is 19.3 Å². The number of thiol groups is 1. The maximum atomic E-state index is 11.6. The van der Waals surface area contributed by atoms with Crippen LogP contribution in [0, 0.1) is 5.92 Å². The van der Waals surface area contributed by atoms with E-state index in [1.54, 1.807) is 24.3 Å². The van der Waals surface area contributed by atoms with Gasteiger partial charge in [0.25, 0.3) is 0 Å². The van der Waals surface area contributed by atoms with Gasteiger partial charge in [-0.2, -0.15) is 0 Å². The van der Waals surface area contributed by atoms with Crippen LogP contribution in [-0.4, -0.2) is 12.6 Å². The van der Waals surface area contributed by atoms with Crippen LogP contribution in [0.15, 0.2) is 29.2 Å². The summed E-state index contributed by atoms with van der Waals surface area (Å²) in [7, 11) is 0. The minimum atomic E-state index is -0.229. The molecule has 1 aliphatic rings. The first-order valence-electron chi connectivity index (χ1n) is 5.72. The van der Waals surface area contributed by atoms with E-state index in [-0.39, 0.29) is 5.97 Å². The molecule has 2 nitrogen and oxygen atoms in total. The number of esters is 1. The molecule has 1 aliphatic carbocycles. The number of carbonyl (C=O) groups is 1. The van der Waals surface area contributed by atoms with Gasteiger partial charge in [-0.3, -0.25) is 0 Å². The van der Waals surface area contributed by atoms with Crippen molar-refractivity contribution in [1.82, 2.24) is 0 Å². The van der Waals surface area contributed by atoms with Gasteiger partial charge in [-0.05, 0) is 36.6 Å². The summed E-state index contributed by atoms with van der Waals surface area (Å²) >= 11 is 4.17. The van der Waals surface area contributed by atoms with Gasteiger partial charge in [-0.25, -0.2) is 4.79 Å². The monoisotopic (exact) mass is 236 g/mol. The van der Waals surface area contributed by atoms with Crippen molar-refractivity contribution in [3.8, 4) is 0 Å². The van der Waals surface area contributed by atoms with Gasteiger partial charge in [0.1, 0.15) is 0 Å². The van der Waals surface area contributed by atoms with Crippen LogP contribution in [0.2, 0.25) is 0 Å². The first kappa shape index (κ1) is 11.5. The van der Waals surface area contributed by atoms with Crippen molar-refractivity contribution in [2.24, 2.45) is 5.92 Å². The van der Waals surface area contributed by atoms with Crippen LogP contribution in [0.4, 0.5) is 0 Å².